The summed E-state index contributed by atoms with van der Waals surface area (Å²) in [6.07, 6.45) is 6.66. The first kappa shape index (κ1) is 15.6. The van der Waals surface area contributed by atoms with Crippen LogP contribution in [0.15, 0.2) is 36.8 Å². The maximum absolute atomic E-state index is 5.76. The van der Waals surface area contributed by atoms with Gasteiger partial charge in [-0.1, -0.05) is 6.07 Å². The van der Waals surface area contributed by atoms with Gasteiger partial charge in [-0.2, -0.15) is 5.10 Å². The highest BCUT2D eigenvalue weighted by molar-refractivity contribution is 5.47. The average molecular weight is 334 g/mol. The van der Waals surface area contributed by atoms with Crippen molar-refractivity contribution in [3.05, 3.63) is 59.2 Å². The molecule has 0 saturated carbocycles. The molecule has 0 radical (unpaired) electrons. The lowest BCUT2D eigenvalue weighted by Crippen LogP contribution is -2.18. The van der Waals surface area contributed by atoms with E-state index in [2.05, 4.69) is 57.1 Å². The summed E-state index contributed by atoms with van der Waals surface area (Å²) in [5.41, 5.74) is 12.0. The first-order valence-electron chi connectivity index (χ1n) is 8.60. The Bertz CT molecular complexity index is 914. The van der Waals surface area contributed by atoms with E-state index in [9.17, 15) is 0 Å². The SMILES string of the molecule is Cc1ccc(-n2ncc3c2CCC[C@H]3Nc2cc(N)ncn2)cc1C. The topological polar surface area (TPSA) is 81.7 Å². The number of hydrogen-bond donors (Lipinski definition) is 2. The summed E-state index contributed by atoms with van der Waals surface area (Å²) in [4.78, 5) is 8.21. The number of aromatic nitrogens is 4. The number of rotatable bonds is 3. The zero-order valence-electron chi connectivity index (χ0n) is 14.5. The van der Waals surface area contributed by atoms with Crippen molar-refractivity contribution in [2.75, 3.05) is 11.1 Å². The predicted octanol–water partition coefficient (Wildman–Crippen LogP) is 3.35. The second-order valence-electron chi connectivity index (χ2n) is 6.64. The highest BCUT2D eigenvalue weighted by atomic mass is 15.3. The van der Waals surface area contributed by atoms with Crippen molar-refractivity contribution in [2.24, 2.45) is 0 Å². The summed E-state index contributed by atoms with van der Waals surface area (Å²) < 4.78 is 2.07. The van der Waals surface area contributed by atoms with Crippen molar-refractivity contribution in [2.45, 2.75) is 39.2 Å². The highest BCUT2D eigenvalue weighted by Gasteiger charge is 2.25. The molecule has 0 aliphatic heterocycles. The molecule has 25 heavy (non-hydrogen) atoms. The third-order valence-electron chi connectivity index (χ3n) is 4.93. The Morgan fingerprint density at radius 2 is 2.04 bits per heavy atom. The fraction of sp³-hybridized carbons (Fsp3) is 0.316. The standard InChI is InChI=1S/C19H22N6/c1-12-6-7-14(8-13(12)2)25-17-5-3-4-16(15(17)10-23-25)24-19-9-18(20)21-11-22-19/h6-11,16H,3-5H2,1-2H3,(H3,20,21,22,24)/t16-/m1/s1. The third kappa shape index (κ3) is 2.95. The molecule has 4 rings (SSSR count). The number of aryl methyl sites for hydroxylation is 2. The van der Waals surface area contributed by atoms with Gasteiger partial charge in [-0.25, -0.2) is 14.6 Å². The summed E-state index contributed by atoms with van der Waals surface area (Å²) in [5, 5.41) is 8.15. The van der Waals surface area contributed by atoms with Gasteiger partial charge in [0.2, 0.25) is 0 Å². The molecular formula is C19H22N6. The first-order valence-corrected chi connectivity index (χ1v) is 8.60. The van der Waals surface area contributed by atoms with Crippen molar-refractivity contribution in [3.8, 4) is 5.69 Å². The van der Waals surface area contributed by atoms with Gasteiger partial charge in [0.1, 0.15) is 18.0 Å². The summed E-state index contributed by atoms with van der Waals surface area (Å²) in [6, 6.07) is 8.45. The van der Waals surface area contributed by atoms with Gasteiger partial charge in [0.25, 0.3) is 0 Å². The van der Waals surface area contributed by atoms with Gasteiger partial charge >= 0.3 is 0 Å². The Morgan fingerprint density at radius 1 is 1.16 bits per heavy atom. The van der Waals surface area contributed by atoms with Crippen LogP contribution in [0.3, 0.4) is 0 Å². The molecule has 6 heteroatoms. The zero-order chi connectivity index (χ0) is 17.4. The van der Waals surface area contributed by atoms with E-state index in [1.165, 1.54) is 28.7 Å². The van der Waals surface area contributed by atoms with Crippen LogP contribution in [0.2, 0.25) is 0 Å². The van der Waals surface area contributed by atoms with Crippen molar-refractivity contribution in [1.82, 2.24) is 19.7 Å². The molecule has 0 saturated heterocycles. The van der Waals surface area contributed by atoms with Crippen LogP contribution in [-0.4, -0.2) is 19.7 Å². The monoisotopic (exact) mass is 334 g/mol. The normalized spacial score (nSPS) is 16.5. The minimum absolute atomic E-state index is 0.193. The molecule has 0 unspecified atom stereocenters. The molecule has 1 aliphatic carbocycles. The lowest BCUT2D eigenvalue weighted by atomic mass is 9.93. The predicted molar refractivity (Wildman–Crippen MR) is 98.8 cm³/mol. The Kier molecular flexibility index (Phi) is 3.87. The minimum atomic E-state index is 0.193. The molecular weight excluding hydrogens is 312 g/mol. The van der Waals surface area contributed by atoms with E-state index in [-0.39, 0.29) is 6.04 Å². The number of hydrogen-bond acceptors (Lipinski definition) is 5. The number of nitrogens with one attached hydrogen (secondary N) is 1. The van der Waals surface area contributed by atoms with Crippen molar-refractivity contribution in [1.29, 1.82) is 0 Å². The van der Waals surface area contributed by atoms with Gasteiger partial charge < -0.3 is 11.1 Å². The lowest BCUT2D eigenvalue weighted by Gasteiger charge is -2.24. The fourth-order valence-corrected chi connectivity index (χ4v) is 3.42. The van der Waals surface area contributed by atoms with Gasteiger partial charge in [0.15, 0.2) is 0 Å². The smallest absolute Gasteiger partial charge is 0.131 e. The van der Waals surface area contributed by atoms with E-state index in [4.69, 9.17) is 5.73 Å². The van der Waals surface area contributed by atoms with Gasteiger partial charge in [-0.3, -0.25) is 0 Å². The second-order valence-corrected chi connectivity index (χ2v) is 6.64. The van der Waals surface area contributed by atoms with Crippen LogP contribution in [0, 0.1) is 13.8 Å². The van der Waals surface area contributed by atoms with Crippen LogP contribution >= 0.6 is 0 Å². The van der Waals surface area contributed by atoms with Crippen molar-refractivity contribution < 1.29 is 0 Å². The number of nitrogens with zero attached hydrogens (tertiary/aromatic N) is 4. The number of nitrogen functional groups attached to an aromatic ring is 1. The molecule has 128 valence electrons. The quantitative estimate of drug-likeness (QED) is 0.767. The molecule has 6 nitrogen and oxygen atoms in total. The second kappa shape index (κ2) is 6.20. The van der Waals surface area contributed by atoms with Gasteiger partial charge in [0, 0.05) is 17.3 Å². The number of benzene rings is 1. The van der Waals surface area contributed by atoms with E-state index >= 15 is 0 Å². The van der Waals surface area contributed by atoms with E-state index < -0.39 is 0 Å². The summed E-state index contributed by atoms with van der Waals surface area (Å²) in [7, 11) is 0. The van der Waals surface area contributed by atoms with Crippen molar-refractivity contribution >= 4 is 11.6 Å². The number of anilines is 2. The molecule has 1 aliphatic rings. The Morgan fingerprint density at radius 3 is 2.84 bits per heavy atom. The molecule has 2 aromatic heterocycles. The van der Waals surface area contributed by atoms with Gasteiger partial charge in [-0.05, 0) is 56.4 Å². The largest absolute Gasteiger partial charge is 0.384 e. The molecule has 0 amide bonds. The molecule has 3 aromatic rings. The van der Waals surface area contributed by atoms with Crippen molar-refractivity contribution in [3.63, 3.8) is 0 Å². The van der Waals surface area contributed by atoms with E-state index in [1.54, 1.807) is 6.07 Å². The van der Waals surface area contributed by atoms with Crippen LogP contribution in [0.25, 0.3) is 5.69 Å². The zero-order valence-corrected chi connectivity index (χ0v) is 14.5. The van der Waals surface area contributed by atoms with Gasteiger partial charge in [0.05, 0.1) is 17.9 Å². The molecule has 0 spiro atoms. The maximum atomic E-state index is 5.76. The van der Waals surface area contributed by atoms with E-state index in [0.717, 1.165) is 30.8 Å². The third-order valence-corrected chi connectivity index (χ3v) is 4.93. The van der Waals surface area contributed by atoms with E-state index in [1.807, 2.05) is 6.20 Å². The lowest BCUT2D eigenvalue weighted by molar-refractivity contribution is 0.582. The number of fused-ring (bicyclic) bond motifs is 1. The molecule has 0 bridgehead atoms. The minimum Gasteiger partial charge on any atom is -0.384 e. The van der Waals surface area contributed by atoms with Crippen LogP contribution in [0.1, 0.15) is 41.3 Å². The molecule has 3 N–H and O–H groups in total. The Balaban J connectivity index is 1.67. The molecule has 0 fully saturated rings. The van der Waals surface area contributed by atoms with Crippen LogP contribution in [0.4, 0.5) is 11.6 Å². The van der Waals surface area contributed by atoms with Gasteiger partial charge in [-0.15, -0.1) is 0 Å². The van der Waals surface area contributed by atoms with Crippen LogP contribution in [0.5, 0.6) is 0 Å². The highest BCUT2D eigenvalue weighted by Crippen LogP contribution is 2.33. The summed E-state index contributed by atoms with van der Waals surface area (Å²) in [5.74, 6) is 1.23. The molecule has 2 heterocycles. The maximum Gasteiger partial charge on any atom is 0.131 e. The van der Waals surface area contributed by atoms with E-state index in [0.29, 0.717) is 5.82 Å². The van der Waals surface area contributed by atoms with Crippen LogP contribution < -0.4 is 11.1 Å². The summed E-state index contributed by atoms with van der Waals surface area (Å²) in [6.45, 7) is 4.27. The van der Waals surface area contributed by atoms with Crippen LogP contribution in [-0.2, 0) is 6.42 Å². The summed E-state index contributed by atoms with van der Waals surface area (Å²) >= 11 is 0. The fourth-order valence-electron chi connectivity index (χ4n) is 3.42. The molecule has 1 atom stereocenters. The average Bonchev–Trinajstić information content (AvgIpc) is 3.03. The number of nitrogens with two attached hydrogens (primary N) is 1. The first-order chi connectivity index (χ1) is 12.1. The molecule has 1 aromatic carbocycles. The Hall–Kier alpha value is -2.89. The Labute approximate surface area is 147 Å².